The van der Waals surface area contributed by atoms with Crippen LogP contribution in [0.25, 0.3) is 0 Å². The number of hydrogen-bond acceptors (Lipinski definition) is 5. The molecule has 8 heteroatoms. The first kappa shape index (κ1) is 17.7. The second-order valence-corrected chi connectivity index (χ2v) is 6.97. The summed E-state index contributed by atoms with van der Waals surface area (Å²) in [6.07, 6.45) is 7.38. The highest BCUT2D eigenvalue weighted by molar-refractivity contribution is 5.74. The number of aryl methyl sites for hydroxylation is 1. The molecule has 8 nitrogen and oxygen atoms in total. The molecule has 2 atom stereocenters. The lowest BCUT2D eigenvalue weighted by Crippen LogP contribution is -2.54. The minimum atomic E-state index is -0.158. The Kier molecular flexibility index (Phi) is 5.57. The summed E-state index contributed by atoms with van der Waals surface area (Å²) in [5.74, 6) is 0.984. The molecule has 2 heterocycles. The van der Waals surface area contributed by atoms with Gasteiger partial charge in [0, 0.05) is 45.7 Å². The molecule has 25 heavy (non-hydrogen) atoms. The van der Waals surface area contributed by atoms with Gasteiger partial charge in [-0.3, -0.25) is 4.79 Å². The summed E-state index contributed by atoms with van der Waals surface area (Å²) in [5, 5.41) is 6.07. The Morgan fingerprint density at radius 1 is 1.44 bits per heavy atom. The lowest BCUT2D eigenvalue weighted by atomic mass is 10.1. The predicted octanol–water partition coefficient (Wildman–Crippen LogP) is 0.473. The molecule has 1 aliphatic heterocycles. The molecular formula is C17H27N5O3. The fraction of sp³-hybridized carbons (Fsp3) is 0.706. The van der Waals surface area contributed by atoms with Crippen molar-refractivity contribution in [3.05, 3.63) is 22.7 Å². The molecular weight excluding hydrogens is 322 g/mol. The van der Waals surface area contributed by atoms with Crippen LogP contribution in [0.15, 0.2) is 17.2 Å². The molecule has 138 valence electrons. The fourth-order valence-corrected chi connectivity index (χ4v) is 3.36. The quantitative estimate of drug-likeness (QED) is 0.780. The summed E-state index contributed by atoms with van der Waals surface area (Å²) in [7, 11) is 3.37. The number of carbonyl (C=O) groups excluding carboxylic acids is 1. The van der Waals surface area contributed by atoms with Crippen LogP contribution in [-0.2, 0) is 11.8 Å². The van der Waals surface area contributed by atoms with Crippen molar-refractivity contribution in [3.63, 3.8) is 0 Å². The van der Waals surface area contributed by atoms with E-state index in [2.05, 4.69) is 15.6 Å². The Balaban J connectivity index is 1.57. The van der Waals surface area contributed by atoms with Crippen LogP contribution in [0, 0.1) is 5.92 Å². The number of urea groups is 1. The third-order valence-electron chi connectivity index (χ3n) is 4.91. The van der Waals surface area contributed by atoms with Crippen molar-refractivity contribution in [3.8, 4) is 0 Å². The van der Waals surface area contributed by atoms with E-state index in [4.69, 9.17) is 4.74 Å². The molecule has 0 spiro atoms. The number of nitrogens with one attached hydrogen (secondary N) is 2. The highest BCUT2D eigenvalue weighted by Gasteiger charge is 2.33. The van der Waals surface area contributed by atoms with Gasteiger partial charge in [-0.15, -0.1) is 0 Å². The van der Waals surface area contributed by atoms with Crippen molar-refractivity contribution in [1.82, 2.24) is 20.2 Å². The molecule has 2 aliphatic rings. The van der Waals surface area contributed by atoms with Crippen molar-refractivity contribution < 1.29 is 9.53 Å². The number of piperidine rings is 1. The summed E-state index contributed by atoms with van der Waals surface area (Å²) >= 11 is 0. The number of hydrogen-bond donors (Lipinski definition) is 2. The number of methoxy groups -OCH3 is 1. The molecule has 1 aromatic rings. The number of rotatable bonds is 6. The van der Waals surface area contributed by atoms with Gasteiger partial charge >= 0.3 is 6.03 Å². The van der Waals surface area contributed by atoms with Gasteiger partial charge in [0.15, 0.2) is 5.82 Å². The summed E-state index contributed by atoms with van der Waals surface area (Å²) < 4.78 is 6.72. The number of nitrogens with zero attached hydrogens (tertiary/aromatic N) is 3. The largest absolute Gasteiger partial charge is 0.383 e. The van der Waals surface area contributed by atoms with E-state index in [1.165, 1.54) is 4.57 Å². The lowest BCUT2D eigenvalue weighted by molar-refractivity contribution is 0.156. The first-order chi connectivity index (χ1) is 12.1. The van der Waals surface area contributed by atoms with Crippen molar-refractivity contribution in [2.24, 2.45) is 13.0 Å². The summed E-state index contributed by atoms with van der Waals surface area (Å²) in [4.78, 5) is 30.7. The molecule has 1 saturated heterocycles. The van der Waals surface area contributed by atoms with Crippen molar-refractivity contribution in [2.45, 2.75) is 37.8 Å². The maximum Gasteiger partial charge on any atom is 0.315 e. The van der Waals surface area contributed by atoms with E-state index in [0.717, 1.165) is 32.2 Å². The first-order valence-corrected chi connectivity index (χ1v) is 8.91. The van der Waals surface area contributed by atoms with E-state index >= 15 is 0 Å². The minimum absolute atomic E-state index is 0.00265. The Morgan fingerprint density at radius 2 is 2.24 bits per heavy atom. The SMILES string of the molecule is COC[C@H](NC(=O)N[C@@H]1CCCN(c2nccn(C)c2=O)C1)C1CC1. The van der Waals surface area contributed by atoms with Crippen LogP contribution in [0.1, 0.15) is 25.7 Å². The van der Waals surface area contributed by atoms with Gasteiger partial charge < -0.3 is 24.8 Å². The van der Waals surface area contributed by atoms with Gasteiger partial charge in [0.1, 0.15) is 0 Å². The van der Waals surface area contributed by atoms with Gasteiger partial charge in [-0.1, -0.05) is 0 Å². The first-order valence-electron chi connectivity index (χ1n) is 8.91. The third kappa shape index (κ3) is 4.50. The average molecular weight is 349 g/mol. The van der Waals surface area contributed by atoms with Gasteiger partial charge in [0.05, 0.1) is 12.6 Å². The molecule has 0 unspecified atom stereocenters. The smallest absolute Gasteiger partial charge is 0.315 e. The van der Waals surface area contributed by atoms with Crippen LogP contribution in [0.5, 0.6) is 0 Å². The zero-order valence-corrected chi connectivity index (χ0v) is 14.9. The Bertz CT molecular complexity index is 658. The van der Waals surface area contributed by atoms with Crippen molar-refractivity contribution in [2.75, 3.05) is 31.7 Å². The number of amides is 2. The normalized spacial score (nSPS) is 21.7. The molecule has 3 rings (SSSR count). The predicted molar refractivity (Wildman–Crippen MR) is 94.8 cm³/mol. The average Bonchev–Trinajstić information content (AvgIpc) is 3.42. The van der Waals surface area contributed by atoms with Crippen molar-refractivity contribution >= 4 is 11.8 Å². The number of anilines is 1. The molecule has 2 N–H and O–H groups in total. The van der Waals surface area contributed by atoms with E-state index in [9.17, 15) is 9.59 Å². The molecule has 0 radical (unpaired) electrons. The van der Waals surface area contributed by atoms with Crippen molar-refractivity contribution in [1.29, 1.82) is 0 Å². The van der Waals surface area contributed by atoms with E-state index in [1.54, 1.807) is 26.6 Å². The zero-order chi connectivity index (χ0) is 17.8. The monoisotopic (exact) mass is 349 g/mol. The molecule has 2 amide bonds. The zero-order valence-electron chi connectivity index (χ0n) is 14.9. The maximum absolute atomic E-state index is 12.3. The number of ether oxygens (including phenoxy) is 1. The highest BCUT2D eigenvalue weighted by atomic mass is 16.5. The maximum atomic E-state index is 12.3. The Hall–Kier alpha value is -2.09. The molecule has 2 fully saturated rings. The number of carbonyl (C=O) groups is 1. The molecule has 1 aliphatic carbocycles. The van der Waals surface area contributed by atoms with Gasteiger partial charge in [-0.25, -0.2) is 9.78 Å². The molecule has 1 saturated carbocycles. The second kappa shape index (κ2) is 7.86. The van der Waals surface area contributed by atoms with Gasteiger partial charge in [-0.05, 0) is 31.6 Å². The van der Waals surface area contributed by atoms with Crippen LogP contribution < -0.4 is 21.1 Å². The second-order valence-electron chi connectivity index (χ2n) is 6.97. The summed E-state index contributed by atoms with van der Waals surface area (Å²) in [5.41, 5.74) is -0.110. The van der Waals surface area contributed by atoms with Crippen LogP contribution in [-0.4, -0.2) is 54.5 Å². The summed E-state index contributed by atoms with van der Waals surface area (Å²) in [6.45, 7) is 1.91. The minimum Gasteiger partial charge on any atom is -0.383 e. The van der Waals surface area contributed by atoms with Crippen LogP contribution in [0.3, 0.4) is 0 Å². The lowest BCUT2D eigenvalue weighted by Gasteiger charge is -2.33. The highest BCUT2D eigenvalue weighted by Crippen LogP contribution is 2.32. The number of aromatic nitrogens is 2. The van der Waals surface area contributed by atoms with Crippen LogP contribution in [0.4, 0.5) is 10.6 Å². The molecule has 0 aromatic carbocycles. The summed E-state index contributed by atoms with van der Waals surface area (Å²) in [6, 6.07) is -0.0784. The molecule has 1 aromatic heterocycles. The topological polar surface area (TPSA) is 88.5 Å². The van der Waals surface area contributed by atoms with Gasteiger partial charge in [0.2, 0.25) is 0 Å². The van der Waals surface area contributed by atoms with E-state index in [-0.39, 0.29) is 23.7 Å². The molecule has 0 bridgehead atoms. The van der Waals surface area contributed by atoms with E-state index in [0.29, 0.717) is 24.9 Å². The van der Waals surface area contributed by atoms with Crippen LogP contribution >= 0.6 is 0 Å². The fourth-order valence-electron chi connectivity index (χ4n) is 3.36. The van der Waals surface area contributed by atoms with Gasteiger partial charge in [-0.2, -0.15) is 0 Å². The van der Waals surface area contributed by atoms with Crippen LogP contribution in [0.2, 0.25) is 0 Å². The third-order valence-corrected chi connectivity index (χ3v) is 4.91. The Labute approximate surface area is 147 Å². The van der Waals surface area contributed by atoms with E-state index < -0.39 is 0 Å². The standard InChI is InChI=1S/C17H27N5O3/c1-21-9-7-18-15(16(21)23)22-8-3-4-13(10-22)19-17(24)20-14(11-25-2)12-5-6-12/h7,9,12-14H,3-6,8,10-11H2,1-2H3,(H2,19,20,24)/t13-,14+/m1/s1. The van der Waals surface area contributed by atoms with E-state index in [1.807, 2.05) is 4.90 Å². The van der Waals surface area contributed by atoms with Gasteiger partial charge in [0.25, 0.3) is 5.56 Å². The Morgan fingerprint density at radius 3 is 2.96 bits per heavy atom.